The number of carbonyl (C=O) groups is 3. The number of hydrogen-bond acceptors (Lipinski definition) is 4. The number of Topliss-reactive ketones (excluding diaryl/α,β-unsaturated/α-hetero) is 1. The highest BCUT2D eigenvalue weighted by atomic mass is 19.1. The van der Waals surface area contributed by atoms with Crippen LogP contribution in [0.1, 0.15) is 39.0 Å². The van der Waals surface area contributed by atoms with E-state index in [0.29, 0.717) is 22.4 Å². The number of aliphatic carboxylic acids is 1. The molecule has 1 saturated heterocycles. The molecule has 1 aromatic heterocycles. The van der Waals surface area contributed by atoms with Crippen LogP contribution in [-0.2, 0) is 4.79 Å². The third kappa shape index (κ3) is 5.13. The molecule has 0 saturated carbocycles. The zero-order valence-corrected chi connectivity index (χ0v) is 21.1. The van der Waals surface area contributed by atoms with Gasteiger partial charge in [-0.05, 0) is 54.4 Å². The van der Waals surface area contributed by atoms with Crippen LogP contribution in [0.4, 0.5) is 14.9 Å². The molecular weight excluding hydrogens is 497 g/mol. The summed E-state index contributed by atoms with van der Waals surface area (Å²) in [6.45, 7) is 1.86. The van der Waals surface area contributed by atoms with E-state index >= 15 is 0 Å². The molecule has 5 rings (SSSR count). The molecule has 0 aliphatic carbocycles. The Kier molecular flexibility index (Phi) is 7.19. The van der Waals surface area contributed by atoms with Gasteiger partial charge < -0.3 is 15.3 Å². The average molecular weight is 524 g/mol. The largest absolute Gasteiger partial charge is 0.480 e. The van der Waals surface area contributed by atoms with Gasteiger partial charge in [-0.25, -0.2) is 14.0 Å². The van der Waals surface area contributed by atoms with Crippen molar-refractivity contribution in [3.63, 3.8) is 0 Å². The van der Waals surface area contributed by atoms with Crippen LogP contribution in [-0.4, -0.2) is 38.8 Å². The van der Waals surface area contributed by atoms with Crippen LogP contribution < -0.4 is 5.32 Å². The molecule has 196 valence electrons. The Bertz CT molecular complexity index is 1500. The molecule has 2 amide bonds. The number of likely N-dealkylation sites (tertiary alicyclic amines) is 1. The number of anilines is 1. The average Bonchev–Trinajstić information content (AvgIpc) is 3.31. The molecule has 3 aromatic carbocycles. The minimum absolute atomic E-state index is 0.317. The number of nitrogens with zero attached hydrogens (tertiary/aromatic N) is 2. The lowest BCUT2D eigenvalue weighted by Crippen LogP contribution is -2.45. The second-order valence-corrected chi connectivity index (χ2v) is 9.55. The predicted molar refractivity (Wildman–Crippen MR) is 144 cm³/mol. The van der Waals surface area contributed by atoms with Crippen molar-refractivity contribution in [1.29, 1.82) is 0 Å². The van der Waals surface area contributed by atoms with Gasteiger partial charge in [0, 0.05) is 29.6 Å². The maximum Gasteiger partial charge on any atom is 0.327 e. The van der Waals surface area contributed by atoms with E-state index in [1.165, 1.54) is 35.4 Å². The Morgan fingerprint density at radius 3 is 2.28 bits per heavy atom. The third-order valence-electron chi connectivity index (χ3n) is 7.07. The van der Waals surface area contributed by atoms with Crippen LogP contribution >= 0.6 is 0 Å². The fraction of sp³-hybridized carbons (Fsp3) is 0.161. The zero-order chi connectivity index (χ0) is 27.5. The lowest BCUT2D eigenvalue weighted by Gasteiger charge is -2.30. The summed E-state index contributed by atoms with van der Waals surface area (Å²) < 4.78 is 13.9. The van der Waals surface area contributed by atoms with Gasteiger partial charge in [-0.15, -0.1) is 0 Å². The molecule has 2 N–H and O–H groups in total. The number of nitrogens with one attached hydrogen (secondary N) is 1. The quantitative estimate of drug-likeness (QED) is 0.309. The Hall–Kier alpha value is -4.85. The minimum Gasteiger partial charge on any atom is -0.480 e. The van der Waals surface area contributed by atoms with Gasteiger partial charge >= 0.3 is 12.0 Å². The lowest BCUT2D eigenvalue weighted by atomic mass is 9.76. The van der Waals surface area contributed by atoms with Gasteiger partial charge in [-0.3, -0.25) is 9.78 Å². The van der Waals surface area contributed by atoms with Crippen LogP contribution in [0, 0.1) is 18.7 Å². The maximum absolute atomic E-state index is 14.3. The first-order valence-electron chi connectivity index (χ1n) is 12.5. The third-order valence-corrected chi connectivity index (χ3v) is 7.07. The van der Waals surface area contributed by atoms with E-state index in [1.54, 1.807) is 66.9 Å². The van der Waals surface area contributed by atoms with E-state index < -0.39 is 41.7 Å². The first-order valence-corrected chi connectivity index (χ1v) is 12.5. The van der Waals surface area contributed by atoms with E-state index in [2.05, 4.69) is 10.3 Å². The van der Waals surface area contributed by atoms with Crippen LogP contribution in [0.15, 0.2) is 103 Å². The number of para-hydroxylation sites is 1. The Balaban J connectivity index is 1.72. The molecule has 7 nitrogen and oxygen atoms in total. The molecule has 4 unspecified atom stereocenters. The molecule has 4 atom stereocenters. The number of pyridine rings is 1. The van der Waals surface area contributed by atoms with Crippen LogP contribution in [0.5, 0.6) is 0 Å². The first kappa shape index (κ1) is 25.8. The second kappa shape index (κ2) is 10.9. The number of ketones is 1. The molecule has 39 heavy (non-hydrogen) atoms. The highest BCUT2D eigenvalue weighted by Gasteiger charge is 2.57. The van der Waals surface area contributed by atoms with Gasteiger partial charge in [0.05, 0.1) is 12.0 Å². The summed E-state index contributed by atoms with van der Waals surface area (Å²) in [6, 6.07) is 21.5. The number of halogens is 1. The highest BCUT2D eigenvalue weighted by Crippen LogP contribution is 2.51. The van der Waals surface area contributed by atoms with Gasteiger partial charge in [-0.1, -0.05) is 60.2 Å². The fourth-order valence-corrected chi connectivity index (χ4v) is 5.44. The standard InChI is InChI=1S/C31H26FN3O4/c1-19-7-5-8-21(17-19)29(36)26-25(20-12-14-23(32)15-13-20)28(30(37)38)35(27(26)22-9-6-16-33-18-22)31(39)34-24-10-3-2-4-11-24/h2-18,25-28H,1H3,(H,34,39)(H,37,38). The smallest absolute Gasteiger partial charge is 0.327 e. The van der Waals surface area contributed by atoms with Crippen LogP contribution in [0.25, 0.3) is 0 Å². The highest BCUT2D eigenvalue weighted by molar-refractivity contribution is 6.02. The number of aromatic nitrogens is 1. The van der Waals surface area contributed by atoms with Gasteiger partial charge in [0.25, 0.3) is 0 Å². The van der Waals surface area contributed by atoms with Gasteiger partial charge in [0.1, 0.15) is 11.9 Å². The number of hydrogen-bond donors (Lipinski definition) is 2. The number of aryl methyl sites for hydroxylation is 1. The van der Waals surface area contributed by atoms with Crippen molar-refractivity contribution in [2.75, 3.05) is 5.32 Å². The van der Waals surface area contributed by atoms with Crippen molar-refractivity contribution in [3.8, 4) is 0 Å². The van der Waals surface area contributed by atoms with Gasteiger partial charge in [0.15, 0.2) is 5.78 Å². The molecule has 0 spiro atoms. The van der Waals surface area contributed by atoms with E-state index in [1.807, 2.05) is 13.0 Å². The van der Waals surface area contributed by atoms with Crippen molar-refractivity contribution in [2.45, 2.75) is 24.9 Å². The molecule has 1 aliphatic heterocycles. The molecule has 1 aliphatic rings. The van der Waals surface area contributed by atoms with Crippen LogP contribution in [0.3, 0.4) is 0 Å². The number of benzene rings is 3. The number of carboxylic acid groups (broad SMARTS) is 1. The maximum atomic E-state index is 14.3. The van der Waals surface area contributed by atoms with Crippen molar-refractivity contribution in [3.05, 3.63) is 131 Å². The fourth-order valence-electron chi connectivity index (χ4n) is 5.44. The first-order chi connectivity index (χ1) is 18.8. The van der Waals surface area contributed by atoms with E-state index in [0.717, 1.165) is 5.56 Å². The SMILES string of the molecule is Cc1cccc(C(=O)C2C(c3ccc(F)cc3)C(C(=O)O)N(C(=O)Nc3ccccc3)C2c2cccnc2)c1. The minimum atomic E-state index is -1.43. The molecule has 0 bridgehead atoms. The van der Waals surface area contributed by atoms with E-state index in [9.17, 15) is 23.9 Å². The summed E-state index contributed by atoms with van der Waals surface area (Å²) in [5.74, 6) is -4.05. The number of rotatable bonds is 6. The van der Waals surface area contributed by atoms with Crippen molar-refractivity contribution in [2.24, 2.45) is 5.92 Å². The number of amides is 2. The Morgan fingerprint density at radius 1 is 0.897 bits per heavy atom. The predicted octanol–water partition coefficient (Wildman–Crippen LogP) is 5.85. The monoisotopic (exact) mass is 523 g/mol. The second-order valence-electron chi connectivity index (χ2n) is 9.55. The van der Waals surface area contributed by atoms with Gasteiger partial charge in [-0.2, -0.15) is 0 Å². The Morgan fingerprint density at radius 2 is 1.64 bits per heavy atom. The number of carbonyl (C=O) groups excluding carboxylic acids is 2. The Labute approximate surface area is 224 Å². The molecule has 2 heterocycles. The molecule has 8 heteroatoms. The summed E-state index contributed by atoms with van der Waals surface area (Å²) >= 11 is 0. The normalized spacial score (nSPS) is 20.4. The summed E-state index contributed by atoms with van der Waals surface area (Å²) in [7, 11) is 0. The zero-order valence-electron chi connectivity index (χ0n) is 21.1. The number of urea groups is 1. The summed E-state index contributed by atoms with van der Waals surface area (Å²) in [5.41, 5.74) is 2.70. The molecule has 0 radical (unpaired) electrons. The van der Waals surface area contributed by atoms with Crippen molar-refractivity contribution >= 4 is 23.5 Å². The topological polar surface area (TPSA) is 99.6 Å². The lowest BCUT2D eigenvalue weighted by molar-refractivity contribution is -0.142. The van der Waals surface area contributed by atoms with Crippen LogP contribution in [0.2, 0.25) is 0 Å². The van der Waals surface area contributed by atoms with Gasteiger partial charge in [0.2, 0.25) is 0 Å². The van der Waals surface area contributed by atoms with Crippen molar-refractivity contribution < 1.29 is 23.9 Å². The summed E-state index contributed by atoms with van der Waals surface area (Å²) in [5, 5.41) is 13.3. The van der Waals surface area contributed by atoms with E-state index in [-0.39, 0.29) is 5.78 Å². The van der Waals surface area contributed by atoms with Crippen molar-refractivity contribution in [1.82, 2.24) is 9.88 Å². The molecular formula is C31H26FN3O4. The number of carboxylic acids is 1. The molecule has 4 aromatic rings. The van der Waals surface area contributed by atoms with E-state index in [4.69, 9.17) is 0 Å². The summed E-state index contributed by atoms with van der Waals surface area (Å²) in [6.07, 6.45) is 3.10. The summed E-state index contributed by atoms with van der Waals surface area (Å²) in [4.78, 5) is 46.5. The molecule has 1 fully saturated rings.